The Kier molecular flexibility index (Phi) is 3.15. The van der Waals surface area contributed by atoms with Crippen LogP contribution in [0.4, 0.5) is 0 Å². The average molecular weight is 286 g/mol. The van der Waals surface area contributed by atoms with Gasteiger partial charge in [-0.25, -0.2) is 0 Å². The number of fused-ring (bicyclic) bond motifs is 3. The number of halogens is 1. The molecule has 4 rings (SSSR count). The molecule has 0 amide bonds. The van der Waals surface area contributed by atoms with Crippen molar-refractivity contribution in [3.63, 3.8) is 0 Å². The van der Waals surface area contributed by atoms with Gasteiger partial charge in [-0.15, -0.1) is 12.4 Å². The van der Waals surface area contributed by atoms with Gasteiger partial charge in [0.2, 0.25) is 0 Å². The molecular formula is C18H20ClN. The van der Waals surface area contributed by atoms with E-state index in [4.69, 9.17) is 0 Å². The van der Waals surface area contributed by atoms with E-state index in [0.717, 1.165) is 13.1 Å². The lowest BCUT2D eigenvalue weighted by Crippen LogP contribution is -2.39. The van der Waals surface area contributed by atoms with Gasteiger partial charge in [-0.3, -0.25) is 0 Å². The highest BCUT2D eigenvalue weighted by atomic mass is 35.5. The third kappa shape index (κ3) is 1.73. The van der Waals surface area contributed by atoms with Gasteiger partial charge in [0.1, 0.15) is 0 Å². The number of hydrogen-bond acceptors (Lipinski definition) is 1. The van der Waals surface area contributed by atoms with E-state index in [0.29, 0.717) is 5.92 Å². The fourth-order valence-corrected chi connectivity index (χ4v) is 3.50. The van der Waals surface area contributed by atoms with Crippen molar-refractivity contribution in [2.45, 2.75) is 25.2 Å². The molecule has 1 fully saturated rings. The molecule has 1 heterocycles. The van der Waals surface area contributed by atoms with Gasteiger partial charge in [-0.1, -0.05) is 56.3 Å². The van der Waals surface area contributed by atoms with E-state index in [2.05, 4.69) is 61.6 Å². The standard InChI is InChI=1S/C18H19N.ClH/c1-18(2)16-6-4-3-5-14(16)15-8-7-12(9-17(15)18)13-10-19-11-13;/h3-9,13,19H,10-11H2,1-2H3;1H. The molecule has 2 aromatic carbocycles. The summed E-state index contributed by atoms with van der Waals surface area (Å²) >= 11 is 0. The third-order valence-electron chi connectivity index (χ3n) is 4.86. The maximum absolute atomic E-state index is 3.37. The molecule has 0 radical (unpaired) electrons. The van der Waals surface area contributed by atoms with E-state index < -0.39 is 0 Å². The molecule has 20 heavy (non-hydrogen) atoms. The quantitative estimate of drug-likeness (QED) is 0.832. The lowest BCUT2D eigenvalue weighted by atomic mass is 9.80. The molecule has 0 saturated carbocycles. The maximum atomic E-state index is 3.37. The molecule has 0 atom stereocenters. The van der Waals surface area contributed by atoms with Crippen molar-refractivity contribution < 1.29 is 0 Å². The molecule has 1 N–H and O–H groups in total. The highest BCUT2D eigenvalue weighted by molar-refractivity contribution is 5.85. The summed E-state index contributed by atoms with van der Waals surface area (Å²) in [6, 6.07) is 15.9. The molecule has 0 bridgehead atoms. The predicted molar refractivity (Wildman–Crippen MR) is 86.9 cm³/mol. The summed E-state index contributed by atoms with van der Waals surface area (Å²) in [4.78, 5) is 0. The van der Waals surface area contributed by atoms with Gasteiger partial charge < -0.3 is 5.32 Å². The van der Waals surface area contributed by atoms with Crippen molar-refractivity contribution in [2.75, 3.05) is 13.1 Å². The second-order valence-electron chi connectivity index (χ2n) is 6.33. The van der Waals surface area contributed by atoms with Crippen molar-refractivity contribution >= 4 is 12.4 Å². The first-order chi connectivity index (χ1) is 9.18. The highest BCUT2D eigenvalue weighted by Gasteiger charge is 2.35. The fraction of sp³-hybridized carbons (Fsp3) is 0.333. The molecular weight excluding hydrogens is 266 g/mol. The Hall–Kier alpha value is -1.31. The average Bonchev–Trinajstić information content (AvgIpc) is 2.58. The minimum Gasteiger partial charge on any atom is -0.315 e. The van der Waals surface area contributed by atoms with Gasteiger partial charge in [0.05, 0.1) is 0 Å². The molecule has 0 aromatic heterocycles. The second-order valence-corrected chi connectivity index (χ2v) is 6.33. The van der Waals surface area contributed by atoms with Gasteiger partial charge in [0.15, 0.2) is 0 Å². The summed E-state index contributed by atoms with van der Waals surface area (Å²) in [5.74, 6) is 0.713. The fourth-order valence-electron chi connectivity index (χ4n) is 3.50. The van der Waals surface area contributed by atoms with Crippen LogP contribution in [0.5, 0.6) is 0 Å². The van der Waals surface area contributed by atoms with Crippen molar-refractivity contribution in [3.05, 3.63) is 59.2 Å². The summed E-state index contributed by atoms with van der Waals surface area (Å²) in [6.07, 6.45) is 0. The van der Waals surface area contributed by atoms with Crippen molar-refractivity contribution in [2.24, 2.45) is 0 Å². The number of rotatable bonds is 1. The van der Waals surface area contributed by atoms with E-state index in [1.165, 1.54) is 27.8 Å². The molecule has 2 heteroatoms. The topological polar surface area (TPSA) is 12.0 Å². The highest BCUT2D eigenvalue weighted by Crippen LogP contribution is 2.49. The van der Waals surface area contributed by atoms with Crippen molar-refractivity contribution in [3.8, 4) is 11.1 Å². The molecule has 1 aliphatic carbocycles. The van der Waals surface area contributed by atoms with Crippen LogP contribution in [0.3, 0.4) is 0 Å². The Morgan fingerprint density at radius 2 is 1.65 bits per heavy atom. The lowest BCUT2D eigenvalue weighted by Gasteiger charge is -2.29. The van der Waals surface area contributed by atoms with E-state index in [1.807, 2.05) is 0 Å². The van der Waals surface area contributed by atoms with Gasteiger partial charge in [0, 0.05) is 24.4 Å². The first-order valence-corrected chi connectivity index (χ1v) is 7.13. The molecule has 1 aliphatic heterocycles. The minimum atomic E-state index is 0. The second kappa shape index (κ2) is 4.61. The molecule has 0 unspecified atom stereocenters. The Bertz CT molecular complexity index is 656. The van der Waals surface area contributed by atoms with Crippen LogP contribution in [0.25, 0.3) is 11.1 Å². The van der Waals surface area contributed by atoms with Gasteiger partial charge in [-0.05, 0) is 27.8 Å². The van der Waals surface area contributed by atoms with E-state index in [-0.39, 0.29) is 17.8 Å². The number of benzene rings is 2. The van der Waals surface area contributed by atoms with Crippen LogP contribution in [0.2, 0.25) is 0 Å². The number of nitrogens with one attached hydrogen (secondary N) is 1. The molecule has 2 aromatic rings. The van der Waals surface area contributed by atoms with Gasteiger partial charge >= 0.3 is 0 Å². The zero-order valence-corrected chi connectivity index (χ0v) is 12.8. The molecule has 104 valence electrons. The summed E-state index contributed by atoms with van der Waals surface area (Å²) in [5, 5.41) is 3.37. The normalized spacial score (nSPS) is 18.7. The number of hydrogen-bond donors (Lipinski definition) is 1. The predicted octanol–water partition coefficient (Wildman–Crippen LogP) is 4.10. The smallest absolute Gasteiger partial charge is 0.0158 e. The van der Waals surface area contributed by atoms with E-state index in [1.54, 1.807) is 0 Å². The minimum absolute atomic E-state index is 0. The lowest BCUT2D eigenvalue weighted by molar-refractivity contribution is 0.447. The monoisotopic (exact) mass is 285 g/mol. The summed E-state index contributed by atoms with van der Waals surface area (Å²) in [7, 11) is 0. The van der Waals surface area contributed by atoms with Crippen LogP contribution in [0.15, 0.2) is 42.5 Å². The van der Waals surface area contributed by atoms with Gasteiger partial charge in [-0.2, -0.15) is 0 Å². The zero-order valence-electron chi connectivity index (χ0n) is 11.9. The van der Waals surface area contributed by atoms with Crippen LogP contribution in [0.1, 0.15) is 36.5 Å². The Balaban J connectivity index is 0.00000121. The van der Waals surface area contributed by atoms with Crippen molar-refractivity contribution in [1.29, 1.82) is 0 Å². The van der Waals surface area contributed by atoms with E-state index >= 15 is 0 Å². The third-order valence-corrected chi connectivity index (χ3v) is 4.86. The van der Waals surface area contributed by atoms with E-state index in [9.17, 15) is 0 Å². The summed E-state index contributed by atoms with van der Waals surface area (Å²) in [5.41, 5.74) is 7.45. The Morgan fingerprint density at radius 1 is 0.950 bits per heavy atom. The first-order valence-electron chi connectivity index (χ1n) is 7.13. The van der Waals surface area contributed by atoms with Crippen LogP contribution in [-0.4, -0.2) is 13.1 Å². The molecule has 1 nitrogen and oxygen atoms in total. The molecule has 0 spiro atoms. The molecule has 1 saturated heterocycles. The largest absolute Gasteiger partial charge is 0.315 e. The Morgan fingerprint density at radius 3 is 2.35 bits per heavy atom. The summed E-state index contributed by atoms with van der Waals surface area (Å²) in [6.45, 7) is 6.96. The zero-order chi connectivity index (χ0) is 13.0. The van der Waals surface area contributed by atoms with Crippen LogP contribution >= 0.6 is 12.4 Å². The van der Waals surface area contributed by atoms with Crippen LogP contribution in [-0.2, 0) is 5.41 Å². The Labute approximate surface area is 126 Å². The maximum Gasteiger partial charge on any atom is 0.0158 e. The SMILES string of the molecule is CC1(C)c2ccccc2-c2ccc(C3CNC3)cc21.Cl. The van der Waals surface area contributed by atoms with Gasteiger partial charge in [0.25, 0.3) is 0 Å². The molecule has 2 aliphatic rings. The van der Waals surface area contributed by atoms with Crippen LogP contribution < -0.4 is 5.32 Å². The van der Waals surface area contributed by atoms with Crippen LogP contribution in [0, 0.1) is 0 Å². The first kappa shape index (κ1) is 13.7. The summed E-state index contributed by atoms with van der Waals surface area (Å²) < 4.78 is 0. The van der Waals surface area contributed by atoms with Crippen molar-refractivity contribution in [1.82, 2.24) is 5.32 Å².